The van der Waals surface area contributed by atoms with Crippen LogP contribution >= 0.6 is 7.82 Å². The molecule has 0 rings (SSSR count). The van der Waals surface area contributed by atoms with Crippen LogP contribution in [0.2, 0.25) is 0 Å². The van der Waals surface area contributed by atoms with Crippen molar-refractivity contribution in [1.29, 1.82) is 0 Å². The monoisotopic (exact) mass is 1110 g/mol. The molecule has 0 aliphatic carbocycles. The fraction of sp³-hybridized carbons (Fsp3) is 0.940. The van der Waals surface area contributed by atoms with Crippen molar-refractivity contribution in [3.8, 4) is 0 Å². The Bertz CT molecular complexity index is 1270. The summed E-state index contributed by atoms with van der Waals surface area (Å²) in [4.78, 5) is 35.3. The van der Waals surface area contributed by atoms with Gasteiger partial charge in [0.2, 0.25) is 0 Å². The van der Waals surface area contributed by atoms with Crippen LogP contribution in [0, 0.1) is 0 Å². The number of phosphoric acid groups is 1. The average molecular weight is 1110 g/mol. The zero-order chi connectivity index (χ0) is 55.9. The minimum absolute atomic E-state index is 0.0573. The number of phosphoric ester groups is 1. The van der Waals surface area contributed by atoms with Gasteiger partial charge in [0.25, 0.3) is 0 Å². The molecule has 0 aromatic carbocycles. The van der Waals surface area contributed by atoms with Crippen molar-refractivity contribution < 1.29 is 37.6 Å². The van der Waals surface area contributed by atoms with Gasteiger partial charge >= 0.3 is 19.8 Å². The number of unbranched alkanes of at least 4 members (excludes halogenated alkanes) is 51. The number of esters is 2. The van der Waals surface area contributed by atoms with E-state index in [9.17, 15) is 19.0 Å². The van der Waals surface area contributed by atoms with Crippen molar-refractivity contribution in [2.75, 3.05) is 26.4 Å². The van der Waals surface area contributed by atoms with Crippen LogP contribution in [0.3, 0.4) is 0 Å². The fourth-order valence-corrected chi connectivity index (χ4v) is 11.3. The van der Waals surface area contributed by atoms with Gasteiger partial charge in [-0.15, -0.1) is 0 Å². The molecule has 0 spiro atoms. The van der Waals surface area contributed by atoms with Crippen LogP contribution in [0.15, 0.2) is 12.2 Å². The molecule has 2 atom stereocenters. The molecule has 3 N–H and O–H groups in total. The number of rotatable bonds is 66. The Morgan fingerprint density at radius 1 is 0.377 bits per heavy atom. The number of hydrogen-bond donors (Lipinski definition) is 2. The molecule has 0 heterocycles. The van der Waals surface area contributed by atoms with Crippen molar-refractivity contribution in [2.24, 2.45) is 5.73 Å². The van der Waals surface area contributed by atoms with E-state index in [0.29, 0.717) is 6.42 Å². The molecular weight excluding hydrogens is 978 g/mol. The molecule has 0 bridgehead atoms. The quantitative estimate of drug-likeness (QED) is 0.0264. The predicted octanol–water partition coefficient (Wildman–Crippen LogP) is 22.0. The van der Waals surface area contributed by atoms with Crippen molar-refractivity contribution in [3.05, 3.63) is 12.2 Å². The van der Waals surface area contributed by atoms with Gasteiger partial charge < -0.3 is 20.1 Å². The molecule has 0 amide bonds. The molecule has 10 heteroatoms. The third-order valence-electron chi connectivity index (χ3n) is 15.7. The molecule has 0 aromatic heterocycles. The van der Waals surface area contributed by atoms with Gasteiger partial charge in [-0.05, 0) is 38.5 Å². The minimum atomic E-state index is -4.39. The molecule has 9 nitrogen and oxygen atoms in total. The normalized spacial score (nSPS) is 12.9. The van der Waals surface area contributed by atoms with Crippen molar-refractivity contribution in [2.45, 2.75) is 380 Å². The zero-order valence-electron chi connectivity index (χ0n) is 51.5. The van der Waals surface area contributed by atoms with Crippen LogP contribution in [0.1, 0.15) is 373 Å². The Morgan fingerprint density at radius 3 is 0.922 bits per heavy atom. The molecule has 2 unspecified atom stereocenters. The molecule has 0 aliphatic rings. The zero-order valence-corrected chi connectivity index (χ0v) is 52.4. The molecule has 77 heavy (non-hydrogen) atoms. The number of carbonyl (C=O) groups is 2. The summed E-state index contributed by atoms with van der Waals surface area (Å²) >= 11 is 0. The van der Waals surface area contributed by atoms with E-state index in [1.165, 1.54) is 308 Å². The highest BCUT2D eigenvalue weighted by atomic mass is 31.2. The van der Waals surface area contributed by atoms with Gasteiger partial charge in [0.15, 0.2) is 6.10 Å². The second-order valence-corrected chi connectivity index (χ2v) is 24.9. The standard InChI is InChI=1S/C67H132NO8P/c1-3-5-7-9-11-13-15-17-19-21-23-25-27-29-30-31-32-33-34-36-37-39-41-43-45-47-49-51-53-55-57-59-66(69)73-63-65(64-75-77(71,72)74-62-61-68)76-67(70)60-58-56-54-52-50-48-46-44-42-40-38-35-28-26-24-22-20-18-16-14-12-10-8-6-4-2/h22,24,65H,3-21,23,25-64,68H2,1-2H3,(H,71,72)/b24-22-. The highest BCUT2D eigenvalue weighted by Crippen LogP contribution is 2.43. The van der Waals surface area contributed by atoms with Crippen LogP contribution < -0.4 is 5.73 Å². The third-order valence-corrected chi connectivity index (χ3v) is 16.6. The lowest BCUT2D eigenvalue weighted by Crippen LogP contribution is -2.29. The molecule has 0 saturated heterocycles. The Hall–Kier alpha value is -1.25. The SMILES string of the molecule is CCCCCCCCCC/C=C\CCCCCCCCCCCCCCCC(=O)OC(COC(=O)CCCCCCCCCCCCCCCCCCCCCCCCCCCCCCCCC)COP(=O)(O)OCCN. The molecule has 0 aliphatic heterocycles. The fourth-order valence-electron chi connectivity index (χ4n) is 10.6. The maximum atomic E-state index is 12.7. The summed E-state index contributed by atoms with van der Waals surface area (Å²) in [6.07, 6.45) is 76.0. The van der Waals surface area contributed by atoms with Gasteiger partial charge in [-0.25, -0.2) is 4.57 Å². The largest absolute Gasteiger partial charge is 0.472 e. The lowest BCUT2D eigenvalue weighted by Gasteiger charge is -2.19. The first kappa shape index (κ1) is 75.8. The van der Waals surface area contributed by atoms with E-state index in [1.807, 2.05) is 0 Å². The first-order valence-electron chi connectivity index (χ1n) is 34.2. The lowest BCUT2D eigenvalue weighted by atomic mass is 10.0. The summed E-state index contributed by atoms with van der Waals surface area (Å²) < 4.78 is 33.2. The van der Waals surface area contributed by atoms with E-state index in [4.69, 9.17) is 24.3 Å². The van der Waals surface area contributed by atoms with Gasteiger partial charge in [0, 0.05) is 19.4 Å². The molecule has 0 fully saturated rings. The van der Waals surface area contributed by atoms with Crippen LogP contribution in [0.5, 0.6) is 0 Å². The highest BCUT2D eigenvalue weighted by molar-refractivity contribution is 7.47. The third kappa shape index (κ3) is 63.8. The van der Waals surface area contributed by atoms with E-state index in [0.717, 1.165) is 32.1 Å². The first-order chi connectivity index (χ1) is 37.8. The minimum Gasteiger partial charge on any atom is -0.462 e. The van der Waals surface area contributed by atoms with Gasteiger partial charge in [-0.2, -0.15) is 0 Å². The average Bonchev–Trinajstić information content (AvgIpc) is 3.42. The summed E-state index contributed by atoms with van der Waals surface area (Å²) in [6.45, 7) is 3.83. The molecule has 0 aromatic rings. The number of nitrogens with two attached hydrogens (primary N) is 1. The van der Waals surface area contributed by atoms with Gasteiger partial charge in [-0.3, -0.25) is 18.6 Å². The predicted molar refractivity (Wildman–Crippen MR) is 331 cm³/mol. The maximum Gasteiger partial charge on any atom is 0.472 e. The maximum absolute atomic E-state index is 12.7. The van der Waals surface area contributed by atoms with E-state index in [1.54, 1.807) is 0 Å². The van der Waals surface area contributed by atoms with E-state index < -0.39 is 26.5 Å². The smallest absolute Gasteiger partial charge is 0.462 e. The Balaban J connectivity index is 3.81. The van der Waals surface area contributed by atoms with E-state index in [-0.39, 0.29) is 38.6 Å². The Labute approximate surface area is 479 Å². The highest BCUT2D eigenvalue weighted by Gasteiger charge is 2.26. The topological polar surface area (TPSA) is 134 Å². The Morgan fingerprint density at radius 2 is 0.636 bits per heavy atom. The second kappa shape index (κ2) is 63.9. The molecule has 0 radical (unpaired) electrons. The summed E-state index contributed by atoms with van der Waals surface area (Å²) in [7, 11) is -4.39. The van der Waals surface area contributed by atoms with Gasteiger partial charge in [-0.1, -0.05) is 334 Å². The van der Waals surface area contributed by atoms with E-state index >= 15 is 0 Å². The number of hydrogen-bond acceptors (Lipinski definition) is 8. The van der Waals surface area contributed by atoms with Gasteiger partial charge in [0.05, 0.1) is 13.2 Å². The number of ether oxygens (including phenoxy) is 2. The molecule has 458 valence electrons. The Kier molecular flexibility index (Phi) is 62.9. The van der Waals surface area contributed by atoms with Crippen LogP contribution in [-0.4, -0.2) is 49.3 Å². The van der Waals surface area contributed by atoms with Crippen LogP contribution in [-0.2, 0) is 32.7 Å². The van der Waals surface area contributed by atoms with Crippen molar-refractivity contribution in [1.82, 2.24) is 0 Å². The number of carbonyl (C=O) groups excluding carboxylic acids is 2. The lowest BCUT2D eigenvalue weighted by molar-refractivity contribution is -0.161. The van der Waals surface area contributed by atoms with Crippen LogP contribution in [0.25, 0.3) is 0 Å². The summed E-state index contributed by atoms with van der Waals surface area (Å²) in [5, 5.41) is 0. The first-order valence-corrected chi connectivity index (χ1v) is 35.7. The second-order valence-electron chi connectivity index (χ2n) is 23.4. The van der Waals surface area contributed by atoms with Gasteiger partial charge in [0.1, 0.15) is 6.61 Å². The summed E-state index contributed by atoms with van der Waals surface area (Å²) in [6, 6.07) is 0. The molecular formula is C67H132NO8P. The van der Waals surface area contributed by atoms with Crippen molar-refractivity contribution >= 4 is 19.8 Å². The van der Waals surface area contributed by atoms with E-state index in [2.05, 4.69) is 26.0 Å². The van der Waals surface area contributed by atoms with Crippen molar-refractivity contribution in [3.63, 3.8) is 0 Å². The summed E-state index contributed by atoms with van der Waals surface area (Å²) in [5.74, 6) is -0.803. The summed E-state index contributed by atoms with van der Waals surface area (Å²) in [5.41, 5.74) is 5.40. The van der Waals surface area contributed by atoms with Crippen LogP contribution in [0.4, 0.5) is 0 Å². The molecule has 0 saturated carbocycles. The number of allylic oxidation sites excluding steroid dienone is 2.